The maximum Gasteiger partial charge on any atom is 0.309 e. The van der Waals surface area contributed by atoms with E-state index in [2.05, 4.69) is 15.0 Å². The molecule has 0 bridgehead atoms. The Kier molecular flexibility index (Phi) is 7.10. The monoisotopic (exact) mass is 395 g/mol. The lowest BCUT2D eigenvalue weighted by molar-refractivity contribution is -0.160. The van der Waals surface area contributed by atoms with E-state index in [0.717, 1.165) is 0 Å². The van der Waals surface area contributed by atoms with Gasteiger partial charge in [0.1, 0.15) is 26.0 Å². The first-order chi connectivity index (χ1) is 13.2. The number of ether oxygens (including phenoxy) is 3. The van der Waals surface area contributed by atoms with Gasteiger partial charge in [-0.1, -0.05) is 20.8 Å². The van der Waals surface area contributed by atoms with Gasteiger partial charge >= 0.3 is 11.9 Å². The summed E-state index contributed by atoms with van der Waals surface area (Å²) in [4.78, 5) is 45.3. The quantitative estimate of drug-likeness (QED) is 0.576. The largest absolute Gasteiger partial charge is 0.463 e. The second kappa shape index (κ2) is 9.31. The number of fused-ring (bicyclic) bond motifs is 1. The lowest BCUT2D eigenvalue weighted by atomic mass is 9.99. The number of hydrogen-bond acceptors (Lipinski definition) is 9. The Hall–Kier alpha value is -2.95. The number of nitrogens with one attached hydrogen (secondary N) is 1. The van der Waals surface area contributed by atoms with Gasteiger partial charge in [-0.25, -0.2) is 4.98 Å². The van der Waals surface area contributed by atoms with E-state index < -0.39 is 17.6 Å². The van der Waals surface area contributed by atoms with Crippen LogP contribution in [0.5, 0.6) is 0 Å². The van der Waals surface area contributed by atoms with E-state index in [9.17, 15) is 14.4 Å². The van der Waals surface area contributed by atoms with Crippen LogP contribution in [0.3, 0.4) is 0 Å². The average molecular weight is 395 g/mol. The van der Waals surface area contributed by atoms with Gasteiger partial charge in [0.15, 0.2) is 11.2 Å². The minimum Gasteiger partial charge on any atom is -0.463 e. The normalized spacial score (nSPS) is 13.5. The van der Waals surface area contributed by atoms with Gasteiger partial charge in [-0.2, -0.15) is 4.98 Å². The van der Waals surface area contributed by atoms with Gasteiger partial charge in [-0.15, -0.1) is 0 Å². The maximum atomic E-state index is 12.0. The summed E-state index contributed by atoms with van der Waals surface area (Å²) in [5.74, 6) is -1.03. The molecule has 0 amide bonds. The summed E-state index contributed by atoms with van der Waals surface area (Å²) < 4.78 is 17.4. The lowest BCUT2D eigenvalue weighted by Crippen LogP contribution is -2.31. The number of H-pyrrole nitrogens is 1. The van der Waals surface area contributed by atoms with Gasteiger partial charge in [-0.05, 0) is 5.92 Å². The minimum atomic E-state index is -0.705. The van der Waals surface area contributed by atoms with Crippen molar-refractivity contribution in [1.82, 2.24) is 19.5 Å². The molecular formula is C17H25N5O6. The van der Waals surface area contributed by atoms with E-state index in [1.165, 1.54) is 17.8 Å². The Balaban J connectivity index is 2.05. The highest BCUT2D eigenvalue weighted by Crippen LogP contribution is 2.12. The molecule has 0 fully saturated rings. The number of nitrogens with zero attached hydrogens (tertiary/aromatic N) is 3. The number of rotatable bonds is 9. The highest BCUT2D eigenvalue weighted by molar-refractivity contribution is 5.72. The summed E-state index contributed by atoms with van der Waals surface area (Å²) >= 11 is 0. The van der Waals surface area contributed by atoms with Crippen LogP contribution in [-0.4, -0.2) is 50.8 Å². The van der Waals surface area contributed by atoms with Crippen molar-refractivity contribution in [1.29, 1.82) is 0 Å². The number of aromatic amines is 1. The summed E-state index contributed by atoms with van der Waals surface area (Å²) in [6.45, 7) is 6.64. The van der Waals surface area contributed by atoms with Gasteiger partial charge in [0.25, 0.3) is 5.56 Å². The summed E-state index contributed by atoms with van der Waals surface area (Å²) in [6, 6.07) is 0. The van der Waals surface area contributed by atoms with E-state index in [0.29, 0.717) is 0 Å². The Labute approximate surface area is 161 Å². The number of nitrogens with two attached hydrogens (primary N) is 1. The molecule has 2 atom stereocenters. The fourth-order valence-electron chi connectivity index (χ4n) is 2.18. The van der Waals surface area contributed by atoms with Crippen molar-refractivity contribution in [3.8, 4) is 0 Å². The average Bonchev–Trinajstić information content (AvgIpc) is 3.02. The van der Waals surface area contributed by atoms with Crippen molar-refractivity contribution in [2.24, 2.45) is 11.8 Å². The Bertz CT molecular complexity index is 890. The Morgan fingerprint density at radius 3 is 2.57 bits per heavy atom. The Morgan fingerprint density at radius 1 is 1.25 bits per heavy atom. The highest BCUT2D eigenvalue weighted by Gasteiger charge is 2.21. The van der Waals surface area contributed by atoms with Crippen molar-refractivity contribution >= 4 is 29.1 Å². The summed E-state index contributed by atoms with van der Waals surface area (Å²) in [7, 11) is 0. The lowest BCUT2D eigenvalue weighted by Gasteiger charge is -2.20. The molecule has 2 aromatic rings. The second-order valence-corrected chi connectivity index (χ2v) is 6.72. The SMILES string of the molecule is CC(=O)OCC(COC(=O)[C@@H](C)C(C)C)OCn1cnc2c(=O)[nH]c(N)nc21. The molecule has 0 saturated heterocycles. The van der Waals surface area contributed by atoms with Crippen LogP contribution in [0.15, 0.2) is 11.1 Å². The van der Waals surface area contributed by atoms with E-state index in [4.69, 9.17) is 19.9 Å². The molecule has 2 aromatic heterocycles. The predicted octanol–water partition coefficient (Wildman–Crippen LogP) is 0.443. The van der Waals surface area contributed by atoms with Crippen LogP contribution in [0.2, 0.25) is 0 Å². The molecule has 28 heavy (non-hydrogen) atoms. The van der Waals surface area contributed by atoms with Gasteiger partial charge in [0.05, 0.1) is 12.2 Å². The van der Waals surface area contributed by atoms with Crippen LogP contribution in [0.1, 0.15) is 27.7 Å². The molecular weight excluding hydrogens is 370 g/mol. The number of aromatic nitrogens is 4. The molecule has 11 nitrogen and oxygen atoms in total. The van der Waals surface area contributed by atoms with Crippen molar-refractivity contribution < 1.29 is 23.8 Å². The zero-order valence-electron chi connectivity index (χ0n) is 16.3. The molecule has 2 rings (SSSR count). The number of carbonyl (C=O) groups excluding carboxylic acids is 2. The van der Waals surface area contributed by atoms with Gasteiger partial charge in [-0.3, -0.25) is 23.9 Å². The third-order valence-corrected chi connectivity index (χ3v) is 4.20. The first kappa shape index (κ1) is 21.4. The number of esters is 2. The zero-order chi connectivity index (χ0) is 20.8. The predicted molar refractivity (Wildman–Crippen MR) is 99.0 cm³/mol. The fourth-order valence-corrected chi connectivity index (χ4v) is 2.18. The molecule has 0 aromatic carbocycles. The van der Waals surface area contributed by atoms with Gasteiger partial charge in [0.2, 0.25) is 5.95 Å². The van der Waals surface area contributed by atoms with Crippen molar-refractivity contribution in [2.45, 2.75) is 40.5 Å². The van der Waals surface area contributed by atoms with Crippen LogP contribution >= 0.6 is 0 Å². The third-order valence-electron chi connectivity index (χ3n) is 4.20. The van der Waals surface area contributed by atoms with Crippen LogP contribution in [0.25, 0.3) is 11.2 Å². The number of anilines is 1. The van der Waals surface area contributed by atoms with Gasteiger partial charge in [0, 0.05) is 6.92 Å². The van der Waals surface area contributed by atoms with E-state index in [1.807, 2.05) is 13.8 Å². The number of carbonyl (C=O) groups is 2. The van der Waals surface area contributed by atoms with E-state index in [1.54, 1.807) is 6.92 Å². The zero-order valence-corrected chi connectivity index (χ0v) is 16.3. The van der Waals surface area contributed by atoms with Crippen molar-refractivity contribution in [2.75, 3.05) is 18.9 Å². The van der Waals surface area contributed by atoms with E-state index in [-0.39, 0.29) is 54.9 Å². The number of nitrogen functional groups attached to an aromatic ring is 1. The standard InChI is InChI=1S/C17H25N5O6/c1-9(2)10(3)16(25)27-6-12(5-26-11(4)23)28-8-22-7-19-13-14(22)20-17(18)21-15(13)24/h7,9-10,12H,5-6,8H2,1-4H3,(H3,18,20,21,24)/t10-,12?/m0/s1. The molecule has 0 aliphatic carbocycles. The molecule has 154 valence electrons. The van der Waals surface area contributed by atoms with Gasteiger partial charge < -0.3 is 19.9 Å². The third kappa shape index (κ3) is 5.52. The highest BCUT2D eigenvalue weighted by atomic mass is 16.6. The summed E-state index contributed by atoms with van der Waals surface area (Å²) in [6.07, 6.45) is 0.672. The smallest absolute Gasteiger partial charge is 0.309 e. The maximum absolute atomic E-state index is 12.0. The molecule has 0 aliphatic rings. The van der Waals surface area contributed by atoms with Crippen LogP contribution < -0.4 is 11.3 Å². The molecule has 0 aliphatic heterocycles. The second-order valence-electron chi connectivity index (χ2n) is 6.72. The number of imidazole rings is 1. The number of hydrogen-bond donors (Lipinski definition) is 2. The van der Waals surface area contributed by atoms with E-state index >= 15 is 0 Å². The molecule has 2 heterocycles. The first-order valence-corrected chi connectivity index (χ1v) is 8.81. The molecule has 0 spiro atoms. The minimum absolute atomic E-state index is 0.0488. The van der Waals surface area contributed by atoms with Crippen molar-refractivity contribution in [3.63, 3.8) is 0 Å². The molecule has 3 N–H and O–H groups in total. The fraction of sp³-hybridized carbons (Fsp3) is 0.588. The topological polar surface area (TPSA) is 151 Å². The molecule has 11 heteroatoms. The first-order valence-electron chi connectivity index (χ1n) is 8.81. The van der Waals surface area contributed by atoms with Crippen molar-refractivity contribution in [3.05, 3.63) is 16.7 Å². The molecule has 0 radical (unpaired) electrons. The Morgan fingerprint density at radius 2 is 1.93 bits per heavy atom. The van der Waals surface area contributed by atoms with Crippen LogP contribution in [0, 0.1) is 11.8 Å². The van der Waals surface area contributed by atoms with Crippen LogP contribution in [0.4, 0.5) is 5.95 Å². The van der Waals surface area contributed by atoms with Crippen LogP contribution in [-0.2, 0) is 30.5 Å². The molecule has 1 unspecified atom stereocenters. The summed E-state index contributed by atoms with van der Waals surface area (Å²) in [5.41, 5.74) is 5.46. The summed E-state index contributed by atoms with van der Waals surface area (Å²) in [5, 5.41) is 0. The molecule has 0 saturated carbocycles.